The summed E-state index contributed by atoms with van der Waals surface area (Å²) in [6.45, 7) is 5.11. The molecular formula is C21H21N5O2. The predicted molar refractivity (Wildman–Crippen MR) is 103 cm³/mol. The Morgan fingerprint density at radius 1 is 1.29 bits per heavy atom. The Kier molecular flexibility index (Phi) is 4.96. The molecule has 4 rings (SSSR count). The predicted octanol–water partition coefficient (Wildman–Crippen LogP) is 2.67. The number of fused-ring (bicyclic) bond motifs is 1. The molecule has 7 nitrogen and oxygen atoms in total. The molecule has 0 unspecified atom stereocenters. The van der Waals surface area contributed by atoms with Crippen LogP contribution in [0.15, 0.2) is 46.9 Å². The standard InChI is InChI=1S/C21H21N5O2/c1-15(27)23-12-17-10-18-13-25(8-9-26(18)24-17)14-19-6-7-21(28-19)20-5-3-2-4-16(20)11-22/h2-7,10H,8-9,12-14H2,1H3,(H,23,27). The topological polar surface area (TPSA) is 87.1 Å². The lowest BCUT2D eigenvalue weighted by Crippen LogP contribution is -2.33. The maximum atomic E-state index is 11.1. The number of benzene rings is 1. The van der Waals surface area contributed by atoms with Gasteiger partial charge in [-0.2, -0.15) is 10.4 Å². The third-order valence-corrected chi connectivity index (χ3v) is 4.80. The van der Waals surface area contributed by atoms with Gasteiger partial charge in [0.15, 0.2) is 0 Å². The van der Waals surface area contributed by atoms with E-state index in [2.05, 4.69) is 21.4 Å². The van der Waals surface area contributed by atoms with Crippen molar-refractivity contribution in [2.75, 3.05) is 6.54 Å². The minimum atomic E-state index is -0.0563. The molecule has 1 aliphatic rings. The minimum absolute atomic E-state index is 0.0563. The molecule has 3 aromatic rings. The van der Waals surface area contributed by atoms with E-state index >= 15 is 0 Å². The van der Waals surface area contributed by atoms with Crippen molar-refractivity contribution < 1.29 is 9.21 Å². The summed E-state index contributed by atoms with van der Waals surface area (Å²) in [6, 6.07) is 15.6. The second kappa shape index (κ2) is 7.71. The van der Waals surface area contributed by atoms with Gasteiger partial charge >= 0.3 is 0 Å². The van der Waals surface area contributed by atoms with Crippen LogP contribution in [0.2, 0.25) is 0 Å². The fraction of sp³-hybridized carbons (Fsp3) is 0.286. The van der Waals surface area contributed by atoms with Crippen LogP contribution in [0.3, 0.4) is 0 Å². The molecule has 0 atom stereocenters. The van der Waals surface area contributed by atoms with Crippen molar-refractivity contribution in [1.82, 2.24) is 20.0 Å². The Bertz CT molecular complexity index is 1040. The highest BCUT2D eigenvalue weighted by atomic mass is 16.3. The van der Waals surface area contributed by atoms with E-state index in [0.717, 1.165) is 42.3 Å². The number of carbonyl (C=O) groups is 1. The smallest absolute Gasteiger partial charge is 0.217 e. The molecule has 1 amide bonds. The van der Waals surface area contributed by atoms with Crippen LogP contribution in [0.4, 0.5) is 0 Å². The van der Waals surface area contributed by atoms with Crippen LogP contribution in [-0.4, -0.2) is 27.1 Å². The number of carbonyl (C=O) groups excluding carboxylic acids is 1. The average Bonchev–Trinajstić information content (AvgIpc) is 3.32. The van der Waals surface area contributed by atoms with Gasteiger partial charge in [-0.15, -0.1) is 0 Å². The molecular weight excluding hydrogens is 354 g/mol. The van der Waals surface area contributed by atoms with Gasteiger partial charge in [0.05, 0.1) is 42.7 Å². The zero-order valence-corrected chi connectivity index (χ0v) is 15.7. The Morgan fingerprint density at radius 2 is 2.14 bits per heavy atom. The largest absolute Gasteiger partial charge is 0.460 e. The Morgan fingerprint density at radius 3 is 2.96 bits per heavy atom. The van der Waals surface area contributed by atoms with Gasteiger partial charge in [0, 0.05) is 25.6 Å². The third kappa shape index (κ3) is 3.82. The van der Waals surface area contributed by atoms with E-state index in [-0.39, 0.29) is 5.91 Å². The number of furan rings is 1. The van der Waals surface area contributed by atoms with Gasteiger partial charge < -0.3 is 9.73 Å². The number of nitrogens with one attached hydrogen (secondary N) is 1. The molecule has 0 aliphatic carbocycles. The van der Waals surface area contributed by atoms with E-state index in [9.17, 15) is 10.1 Å². The van der Waals surface area contributed by atoms with E-state index in [1.54, 1.807) is 6.07 Å². The molecule has 7 heteroatoms. The molecule has 28 heavy (non-hydrogen) atoms. The van der Waals surface area contributed by atoms with Crippen LogP contribution in [0.5, 0.6) is 0 Å². The van der Waals surface area contributed by atoms with Crippen LogP contribution >= 0.6 is 0 Å². The van der Waals surface area contributed by atoms with Crippen LogP contribution < -0.4 is 5.32 Å². The van der Waals surface area contributed by atoms with E-state index < -0.39 is 0 Å². The number of hydrogen-bond donors (Lipinski definition) is 1. The molecule has 2 aromatic heterocycles. The highest BCUT2D eigenvalue weighted by Crippen LogP contribution is 2.26. The van der Waals surface area contributed by atoms with Crippen molar-refractivity contribution in [3.8, 4) is 17.4 Å². The van der Waals surface area contributed by atoms with Gasteiger partial charge in [0.1, 0.15) is 11.5 Å². The number of rotatable bonds is 5. The van der Waals surface area contributed by atoms with E-state index in [0.29, 0.717) is 24.4 Å². The first-order chi connectivity index (χ1) is 13.6. The Labute approximate surface area is 163 Å². The molecule has 0 fully saturated rings. The fourth-order valence-electron chi connectivity index (χ4n) is 3.44. The van der Waals surface area contributed by atoms with Crippen molar-refractivity contribution in [2.45, 2.75) is 33.1 Å². The SMILES string of the molecule is CC(=O)NCc1cc2n(n1)CCN(Cc1ccc(-c3ccccc3C#N)o1)C2. The summed E-state index contributed by atoms with van der Waals surface area (Å²) in [7, 11) is 0. The van der Waals surface area contributed by atoms with Crippen LogP contribution in [0.1, 0.15) is 29.6 Å². The first-order valence-electron chi connectivity index (χ1n) is 9.23. The van der Waals surface area contributed by atoms with Crippen molar-refractivity contribution in [1.29, 1.82) is 5.26 Å². The molecule has 0 spiro atoms. The van der Waals surface area contributed by atoms with Crippen LogP contribution in [0.25, 0.3) is 11.3 Å². The molecule has 0 radical (unpaired) electrons. The summed E-state index contributed by atoms with van der Waals surface area (Å²) in [6.07, 6.45) is 0. The summed E-state index contributed by atoms with van der Waals surface area (Å²) < 4.78 is 8.01. The van der Waals surface area contributed by atoms with Gasteiger partial charge in [-0.25, -0.2) is 0 Å². The molecule has 0 bridgehead atoms. The van der Waals surface area contributed by atoms with Gasteiger partial charge in [0.25, 0.3) is 0 Å². The minimum Gasteiger partial charge on any atom is -0.460 e. The van der Waals surface area contributed by atoms with Gasteiger partial charge in [-0.05, 0) is 30.3 Å². The summed E-state index contributed by atoms with van der Waals surface area (Å²) in [4.78, 5) is 13.4. The van der Waals surface area contributed by atoms with Crippen molar-refractivity contribution >= 4 is 5.91 Å². The van der Waals surface area contributed by atoms with Gasteiger partial charge in [-0.3, -0.25) is 14.4 Å². The fourth-order valence-corrected chi connectivity index (χ4v) is 3.44. The number of hydrogen-bond acceptors (Lipinski definition) is 5. The third-order valence-electron chi connectivity index (χ3n) is 4.80. The summed E-state index contributed by atoms with van der Waals surface area (Å²) in [5.41, 5.74) is 3.43. The van der Waals surface area contributed by atoms with Gasteiger partial charge in [-0.1, -0.05) is 12.1 Å². The lowest BCUT2D eigenvalue weighted by atomic mass is 10.1. The Balaban J connectivity index is 1.43. The van der Waals surface area contributed by atoms with E-state index in [4.69, 9.17) is 4.42 Å². The Hall–Kier alpha value is -3.37. The summed E-state index contributed by atoms with van der Waals surface area (Å²) in [5.74, 6) is 1.53. The van der Waals surface area contributed by atoms with Crippen molar-refractivity contribution in [3.05, 3.63) is 65.2 Å². The summed E-state index contributed by atoms with van der Waals surface area (Å²) >= 11 is 0. The molecule has 0 saturated carbocycles. The second-order valence-corrected chi connectivity index (χ2v) is 6.89. The first-order valence-corrected chi connectivity index (χ1v) is 9.23. The summed E-state index contributed by atoms with van der Waals surface area (Å²) in [5, 5.41) is 16.6. The molecule has 1 N–H and O–H groups in total. The second-order valence-electron chi connectivity index (χ2n) is 6.89. The average molecular weight is 375 g/mol. The number of aromatic nitrogens is 2. The van der Waals surface area contributed by atoms with Crippen LogP contribution in [0, 0.1) is 11.3 Å². The van der Waals surface area contributed by atoms with E-state index in [1.165, 1.54) is 6.92 Å². The quantitative estimate of drug-likeness (QED) is 0.741. The van der Waals surface area contributed by atoms with Crippen LogP contribution in [-0.2, 0) is 31.0 Å². The van der Waals surface area contributed by atoms with E-state index in [1.807, 2.05) is 41.1 Å². The monoisotopic (exact) mass is 375 g/mol. The maximum absolute atomic E-state index is 11.1. The van der Waals surface area contributed by atoms with Crippen molar-refractivity contribution in [2.24, 2.45) is 0 Å². The molecule has 142 valence electrons. The first kappa shape index (κ1) is 18.0. The molecule has 0 saturated heterocycles. The normalized spacial score (nSPS) is 13.7. The lowest BCUT2D eigenvalue weighted by Gasteiger charge is -2.26. The maximum Gasteiger partial charge on any atom is 0.217 e. The zero-order chi connectivity index (χ0) is 19.5. The molecule has 1 aliphatic heterocycles. The molecule has 3 heterocycles. The molecule has 1 aromatic carbocycles. The number of amides is 1. The van der Waals surface area contributed by atoms with Gasteiger partial charge in [0.2, 0.25) is 5.91 Å². The zero-order valence-electron chi connectivity index (χ0n) is 15.7. The number of nitriles is 1. The lowest BCUT2D eigenvalue weighted by molar-refractivity contribution is -0.119. The highest BCUT2D eigenvalue weighted by Gasteiger charge is 2.20. The highest BCUT2D eigenvalue weighted by molar-refractivity contribution is 5.72. The number of nitrogens with zero attached hydrogens (tertiary/aromatic N) is 4. The van der Waals surface area contributed by atoms with Crippen molar-refractivity contribution in [3.63, 3.8) is 0 Å².